The highest BCUT2D eigenvalue weighted by Crippen LogP contribution is 2.28. The van der Waals surface area contributed by atoms with Gasteiger partial charge in [0.1, 0.15) is 5.82 Å². The van der Waals surface area contributed by atoms with Crippen LogP contribution in [0.4, 0.5) is 4.39 Å². The number of carbonyl (C=O) groups excluding carboxylic acids is 1. The molecule has 0 aliphatic carbocycles. The van der Waals surface area contributed by atoms with Crippen LogP contribution in [0.25, 0.3) is 0 Å². The van der Waals surface area contributed by atoms with Crippen molar-refractivity contribution in [2.75, 3.05) is 32.7 Å². The van der Waals surface area contributed by atoms with Gasteiger partial charge in [-0.2, -0.15) is 0 Å². The number of amides is 1. The molecule has 132 valence electrons. The molecule has 1 amide bonds. The number of piperidine rings is 1. The average molecular weight is 333 g/mol. The van der Waals surface area contributed by atoms with Crippen LogP contribution in [0.1, 0.15) is 31.7 Å². The molecule has 0 aromatic heterocycles. The zero-order chi connectivity index (χ0) is 17.0. The smallest absolute Gasteiger partial charge is 0.223 e. The molecule has 0 saturated carbocycles. The van der Waals surface area contributed by atoms with E-state index in [9.17, 15) is 9.18 Å². The molecule has 0 bridgehead atoms. The number of nitrogens with one attached hydrogen (secondary N) is 2. The first-order valence-electron chi connectivity index (χ1n) is 8.99. The minimum Gasteiger partial charge on any atom is -0.352 e. The Balaban J connectivity index is 1.40. The van der Waals surface area contributed by atoms with Crippen molar-refractivity contribution in [2.24, 2.45) is 11.3 Å². The molecule has 0 spiro atoms. The van der Waals surface area contributed by atoms with Gasteiger partial charge in [-0.15, -0.1) is 0 Å². The van der Waals surface area contributed by atoms with Crippen molar-refractivity contribution in [1.29, 1.82) is 0 Å². The van der Waals surface area contributed by atoms with E-state index < -0.39 is 0 Å². The Hall–Kier alpha value is -1.46. The second kappa shape index (κ2) is 7.62. The van der Waals surface area contributed by atoms with Crippen molar-refractivity contribution in [1.82, 2.24) is 15.5 Å². The summed E-state index contributed by atoms with van der Waals surface area (Å²) in [5.74, 6) is -0.00691. The summed E-state index contributed by atoms with van der Waals surface area (Å²) in [7, 11) is 0. The predicted octanol–water partition coefficient (Wildman–Crippen LogP) is 2.15. The van der Waals surface area contributed by atoms with E-state index in [0.29, 0.717) is 12.0 Å². The maximum atomic E-state index is 12.9. The Morgan fingerprint density at radius 2 is 2.04 bits per heavy atom. The highest BCUT2D eigenvalue weighted by Gasteiger charge is 2.33. The van der Waals surface area contributed by atoms with Gasteiger partial charge in [-0.05, 0) is 62.0 Å². The van der Waals surface area contributed by atoms with Crippen LogP contribution in [0.2, 0.25) is 0 Å². The Bertz CT molecular complexity index is 546. The van der Waals surface area contributed by atoms with E-state index in [1.165, 1.54) is 18.6 Å². The van der Waals surface area contributed by atoms with Gasteiger partial charge in [0, 0.05) is 25.6 Å². The average Bonchev–Trinajstić information content (AvgIpc) is 3.01. The summed E-state index contributed by atoms with van der Waals surface area (Å²) in [6.45, 7) is 8.19. The summed E-state index contributed by atoms with van der Waals surface area (Å²) in [6.07, 6.45) is 3.10. The molecule has 1 atom stereocenters. The summed E-state index contributed by atoms with van der Waals surface area (Å²) in [6, 6.07) is 6.29. The molecule has 0 radical (unpaired) electrons. The molecule has 4 nitrogen and oxygen atoms in total. The number of halogens is 1. The van der Waals surface area contributed by atoms with Gasteiger partial charge in [-0.1, -0.05) is 19.1 Å². The molecule has 5 heteroatoms. The van der Waals surface area contributed by atoms with Crippen LogP contribution in [-0.4, -0.2) is 43.5 Å². The molecule has 1 unspecified atom stereocenters. The van der Waals surface area contributed by atoms with E-state index in [-0.39, 0.29) is 17.6 Å². The Labute approximate surface area is 143 Å². The molecule has 2 heterocycles. The zero-order valence-electron chi connectivity index (χ0n) is 14.5. The summed E-state index contributed by atoms with van der Waals surface area (Å²) in [5, 5.41) is 6.44. The summed E-state index contributed by atoms with van der Waals surface area (Å²) in [4.78, 5) is 14.8. The van der Waals surface area contributed by atoms with Gasteiger partial charge >= 0.3 is 0 Å². The second-order valence-corrected chi connectivity index (χ2v) is 7.63. The van der Waals surface area contributed by atoms with E-state index in [1.54, 1.807) is 12.1 Å². The molecule has 2 N–H and O–H groups in total. The van der Waals surface area contributed by atoms with Gasteiger partial charge in [0.05, 0.1) is 0 Å². The van der Waals surface area contributed by atoms with Crippen molar-refractivity contribution in [3.05, 3.63) is 35.6 Å². The minimum atomic E-state index is -0.247. The first kappa shape index (κ1) is 17.4. The van der Waals surface area contributed by atoms with E-state index in [1.807, 2.05) is 0 Å². The quantitative estimate of drug-likeness (QED) is 0.868. The number of hydrogen-bond acceptors (Lipinski definition) is 3. The highest BCUT2D eigenvalue weighted by molar-refractivity contribution is 5.78. The Kier molecular flexibility index (Phi) is 5.51. The first-order valence-corrected chi connectivity index (χ1v) is 8.99. The van der Waals surface area contributed by atoms with Crippen LogP contribution in [0.5, 0.6) is 0 Å². The third kappa shape index (κ3) is 4.54. The lowest BCUT2D eigenvalue weighted by Crippen LogP contribution is -2.44. The lowest BCUT2D eigenvalue weighted by molar-refractivity contribution is -0.126. The molecule has 1 aromatic rings. The van der Waals surface area contributed by atoms with Crippen molar-refractivity contribution in [3.8, 4) is 0 Å². The minimum absolute atomic E-state index is 0.108. The molecule has 3 rings (SSSR count). The maximum absolute atomic E-state index is 12.9. The molecule has 2 aliphatic heterocycles. The van der Waals surface area contributed by atoms with Crippen LogP contribution in [-0.2, 0) is 11.3 Å². The fourth-order valence-electron chi connectivity index (χ4n) is 3.83. The third-order valence-electron chi connectivity index (χ3n) is 5.40. The Morgan fingerprint density at radius 1 is 1.33 bits per heavy atom. The van der Waals surface area contributed by atoms with Gasteiger partial charge in [0.25, 0.3) is 0 Å². The van der Waals surface area contributed by atoms with Gasteiger partial charge in [-0.25, -0.2) is 4.39 Å². The fourth-order valence-corrected chi connectivity index (χ4v) is 3.83. The van der Waals surface area contributed by atoms with E-state index >= 15 is 0 Å². The molecule has 2 saturated heterocycles. The largest absolute Gasteiger partial charge is 0.352 e. The highest BCUT2D eigenvalue weighted by atomic mass is 19.1. The van der Waals surface area contributed by atoms with E-state index in [0.717, 1.165) is 51.1 Å². The lowest BCUT2D eigenvalue weighted by atomic mass is 9.87. The number of rotatable bonds is 5. The van der Waals surface area contributed by atoms with Crippen molar-refractivity contribution < 1.29 is 9.18 Å². The molecule has 24 heavy (non-hydrogen) atoms. The second-order valence-electron chi connectivity index (χ2n) is 7.63. The third-order valence-corrected chi connectivity index (χ3v) is 5.40. The molecule has 2 aliphatic rings. The summed E-state index contributed by atoms with van der Waals surface area (Å²) in [5.41, 5.74) is 1.32. The van der Waals surface area contributed by atoms with Gasteiger partial charge in [0.15, 0.2) is 0 Å². The van der Waals surface area contributed by atoms with Gasteiger partial charge in [0.2, 0.25) is 5.91 Å². The molecule has 1 aromatic carbocycles. The number of hydrogen-bond donors (Lipinski definition) is 2. The number of likely N-dealkylation sites (tertiary alicyclic amines) is 1. The van der Waals surface area contributed by atoms with Crippen LogP contribution in [0.3, 0.4) is 0 Å². The van der Waals surface area contributed by atoms with Crippen molar-refractivity contribution >= 4 is 5.91 Å². The first-order chi connectivity index (χ1) is 11.5. The van der Waals surface area contributed by atoms with Crippen molar-refractivity contribution in [2.45, 2.75) is 32.7 Å². The standard InChI is InChI=1S/C19H28FN3O/c1-19(8-9-21-13-19)14-23-10-6-16(7-11-23)18(24)22-12-15-2-4-17(20)5-3-15/h2-5,16,21H,6-14H2,1H3,(H,22,24). The van der Waals surface area contributed by atoms with Crippen LogP contribution < -0.4 is 10.6 Å². The van der Waals surface area contributed by atoms with Crippen LogP contribution in [0.15, 0.2) is 24.3 Å². The molecule has 2 fully saturated rings. The van der Waals surface area contributed by atoms with Gasteiger partial charge in [-0.3, -0.25) is 4.79 Å². The molecular formula is C19H28FN3O. The lowest BCUT2D eigenvalue weighted by Gasteiger charge is -2.36. The summed E-state index contributed by atoms with van der Waals surface area (Å²) >= 11 is 0. The molecular weight excluding hydrogens is 305 g/mol. The van der Waals surface area contributed by atoms with E-state index in [2.05, 4.69) is 22.5 Å². The van der Waals surface area contributed by atoms with Crippen LogP contribution >= 0.6 is 0 Å². The maximum Gasteiger partial charge on any atom is 0.223 e. The fraction of sp³-hybridized carbons (Fsp3) is 0.632. The zero-order valence-corrected chi connectivity index (χ0v) is 14.5. The predicted molar refractivity (Wildman–Crippen MR) is 93.0 cm³/mol. The number of carbonyl (C=O) groups is 1. The topological polar surface area (TPSA) is 44.4 Å². The SMILES string of the molecule is CC1(CN2CCC(C(=O)NCc3ccc(F)cc3)CC2)CCNC1. The number of nitrogens with zero attached hydrogens (tertiary/aromatic N) is 1. The summed E-state index contributed by atoms with van der Waals surface area (Å²) < 4.78 is 12.9. The van der Waals surface area contributed by atoms with Gasteiger partial charge < -0.3 is 15.5 Å². The van der Waals surface area contributed by atoms with Crippen LogP contribution in [0, 0.1) is 17.2 Å². The van der Waals surface area contributed by atoms with E-state index in [4.69, 9.17) is 0 Å². The van der Waals surface area contributed by atoms with Crippen molar-refractivity contribution in [3.63, 3.8) is 0 Å². The monoisotopic (exact) mass is 333 g/mol. The number of benzene rings is 1. The normalized spacial score (nSPS) is 25.8. The Morgan fingerprint density at radius 3 is 2.67 bits per heavy atom.